The third kappa shape index (κ3) is 4.37. The second kappa shape index (κ2) is 8.62. The van der Waals surface area contributed by atoms with Crippen LogP contribution in [-0.2, 0) is 10.0 Å². The summed E-state index contributed by atoms with van der Waals surface area (Å²) in [6.07, 6.45) is 1.74. The molecule has 33 heavy (non-hydrogen) atoms. The Bertz CT molecular complexity index is 1440. The van der Waals surface area contributed by atoms with Gasteiger partial charge < -0.3 is 9.73 Å². The fraction of sp³-hybridized carbons (Fsp3) is 0.167. The Balaban J connectivity index is 1.33. The van der Waals surface area contributed by atoms with Gasteiger partial charge in [-0.2, -0.15) is 4.31 Å². The van der Waals surface area contributed by atoms with Gasteiger partial charge in [-0.3, -0.25) is 4.79 Å². The lowest BCUT2D eigenvalue weighted by atomic mass is 10.2. The zero-order valence-corrected chi connectivity index (χ0v) is 19.1. The van der Waals surface area contributed by atoms with Crippen LogP contribution in [0.25, 0.3) is 22.6 Å². The number of carbonyl (C=O) groups is 1. The summed E-state index contributed by atoms with van der Waals surface area (Å²) < 4.78 is 32.6. The maximum atomic E-state index is 12.7. The van der Waals surface area contributed by atoms with Crippen molar-refractivity contribution in [1.29, 1.82) is 0 Å². The van der Waals surface area contributed by atoms with E-state index in [0.717, 1.165) is 18.4 Å². The van der Waals surface area contributed by atoms with Gasteiger partial charge in [-0.1, -0.05) is 17.7 Å². The third-order valence-corrected chi connectivity index (χ3v) is 7.69. The number of hydrogen-bond donors (Lipinski definition) is 1. The minimum absolute atomic E-state index is 0.192. The van der Waals surface area contributed by atoms with Crippen molar-refractivity contribution in [3.05, 3.63) is 77.3 Å². The van der Waals surface area contributed by atoms with Crippen LogP contribution in [0, 0.1) is 0 Å². The van der Waals surface area contributed by atoms with Gasteiger partial charge in [0.1, 0.15) is 5.52 Å². The molecule has 0 unspecified atom stereocenters. The number of rotatable bonds is 5. The monoisotopic (exact) mass is 481 g/mol. The fourth-order valence-electron chi connectivity index (χ4n) is 3.81. The first-order valence-electron chi connectivity index (χ1n) is 10.5. The topological polar surface area (TPSA) is 92.5 Å². The highest BCUT2D eigenvalue weighted by Gasteiger charge is 2.27. The molecule has 1 N–H and O–H groups in total. The van der Waals surface area contributed by atoms with E-state index in [0.29, 0.717) is 46.4 Å². The van der Waals surface area contributed by atoms with Crippen molar-refractivity contribution in [3.63, 3.8) is 0 Å². The Kier molecular flexibility index (Phi) is 5.65. The first kappa shape index (κ1) is 21.6. The number of carbonyl (C=O) groups excluding carboxylic acids is 1. The predicted octanol–water partition coefficient (Wildman–Crippen LogP) is 5.19. The van der Waals surface area contributed by atoms with E-state index in [-0.39, 0.29) is 10.8 Å². The number of aromatic nitrogens is 1. The molecule has 1 amide bonds. The first-order chi connectivity index (χ1) is 15.9. The molecule has 0 aliphatic carbocycles. The van der Waals surface area contributed by atoms with Gasteiger partial charge in [0.2, 0.25) is 15.9 Å². The lowest BCUT2D eigenvalue weighted by Crippen LogP contribution is -2.27. The van der Waals surface area contributed by atoms with Gasteiger partial charge in [0.05, 0.1) is 4.90 Å². The van der Waals surface area contributed by atoms with Gasteiger partial charge in [0.25, 0.3) is 5.91 Å². The van der Waals surface area contributed by atoms with E-state index in [2.05, 4.69) is 10.3 Å². The SMILES string of the molecule is O=C(Nc1ccc2nc(-c3cccc(Cl)c3)oc2c1)c1ccc(S(=O)(=O)N2CCCC2)cc1. The number of sulfonamides is 1. The number of amides is 1. The number of anilines is 1. The maximum Gasteiger partial charge on any atom is 0.255 e. The van der Waals surface area contributed by atoms with E-state index < -0.39 is 10.0 Å². The summed E-state index contributed by atoms with van der Waals surface area (Å²) in [5.74, 6) is 0.0832. The maximum absolute atomic E-state index is 12.7. The van der Waals surface area contributed by atoms with Crippen molar-refractivity contribution in [2.24, 2.45) is 0 Å². The Morgan fingerprint density at radius 2 is 1.76 bits per heavy atom. The van der Waals surface area contributed by atoms with Crippen LogP contribution in [0.5, 0.6) is 0 Å². The summed E-state index contributed by atoms with van der Waals surface area (Å²) in [5, 5.41) is 3.40. The van der Waals surface area contributed by atoms with Gasteiger partial charge in [-0.05, 0) is 67.4 Å². The van der Waals surface area contributed by atoms with Crippen molar-refractivity contribution in [3.8, 4) is 11.5 Å². The van der Waals surface area contributed by atoms with Crippen LogP contribution >= 0.6 is 11.6 Å². The van der Waals surface area contributed by atoms with E-state index in [1.54, 1.807) is 30.3 Å². The lowest BCUT2D eigenvalue weighted by molar-refractivity contribution is 0.102. The summed E-state index contributed by atoms with van der Waals surface area (Å²) in [4.78, 5) is 17.4. The predicted molar refractivity (Wildman–Crippen MR) is 127 cm³/mol. The molecule has 1 aromatic heterocycles. The van der Waals surface area contributed by atoms with Crippen molar-refractivity contribution in [1.82, 2.24) is 9.29 Å². The number of benzene rings is 3. The van der Waals surface area contributed by atoms with Crippen LogP contribution in [0.2, 0.25) is 5.02 Å². The highest BCUT2D eigenvalue weighted by molar-refractivity contribution is 7.89. The summed E-state index contributed by atoms with van der Waals surface area (Å²) in [6, 6.07) is 18.4. The average Bonchev–Trinajstić information content (AvgIpc) is 3.49. The molecule has 1 aliphatic heterocycles. The summed E-state index contributed by atoms with van der Waals surface area (Å²) >= 11 is 6.05. The zero-order valence-electron chi connectivity index (χ0n) is 17.5. The zero-order chi connectivity index (χ0) is 23.0. The second-order valence-corrected chi connectivity index (χ2v) is 10.2. The molecule has 0 saturated carbocycles. The number of hydrogen-bond acceptors (Lipinski definition) is 5. The van der Waals surface area contributed by atoms with E-state index in [1.165, 1.54) is 28.6 Å². The van der Waals surface area contributed by atoms with Crippen molar-refractivity contribution < 1.29 is 17.6 Å². The molecule has 2 heterocycles. The molecule has 0 radical (unpaired) electrons. The Hall–Kier alpha value is -3.20. The first-order valence-corrected chi connectivity index (χ1v) is 12.3. The molecule has 4 aromatic rings. The molecule has 1 fully saturated rings. The standard InChI is InChI=1S/C24H20ClN3O4S/c25-18-5-3-4-17(14-18)24-27-21-11-8-19(15-22(21)32-24)26-23(29)16-6-9-20(10-7-16)33(30,31)28-12-1-2-13-28/h3-11,14-15H,1-2,12-13H2,(H,26,29). The van der Waals surface area contributed by atoms with Crippen LogP contribution in [0.3, 0.4) is 0 Å². The largest absolute Gasteiger partial charge is 0.436 e. The van der Waals surface area contributed by atoms with Gasteiger partial charge in [-0.25, -0.2) is 13.4 Å². The third-order valence-electron chi connectivity index (χ3n) is 5.54. The Labute approximate surface area is 196 Å². The van der Waals surface area contributed by atoms with Crippen molar-refractivity contribution in [2.45, 2.75) is 17.7 Å². The normalized spacial score (nSPS) is 14.6. The second-order valence-electron chi connectivity index (χ2n) is 7.80. The highest BCUT2D eigenvalue weighted by Crippen LogP contribution is 2.28. The van der Waals surface area contributed by atoms with E-state index in [1.807, 2.05) is 12.1 Å². The van der Waals surface area contributed by atoms with Crippen LogP contribution in [-0.4, -0.2) is 36.7 Å². The smallest absolute Gasteiger partial charge is 0.255 e. The van der Waals surface area contributed by atoms with Crippen molar-refractivity contribution in [2.75, 3.05) is 18.4 Å². The molecule has 5 rings (SSSR count). The van der Waals surface area contributed by atoms with Crippen LogP contribution < -0.4 is 5.32 Å². The summed E-state index contributed by atoms with van der Waals surface area (Å²) in [5.41, 5.74) is 2.82. The van der Waals surface area contributed by atoms with Gasteiger partial charge >= 0.3 is 0 Å². The van der Waals surface area contributed by atoms with E-state index in [9.17, 15) is 13.2 Å². The number of halogens is 1. The minimum atomic E-state index is -3.51. The Morgan fingerprint density at radius 1 is 1.00 bits per heavy atom. The summed E-state index contributed by atoms with van der Waals surface area (Å²) in [6.45, 7) is 1.07. The van der Waals surface area contributed by atoms with Crippen LogP contribution in [0.4, 0.5) is 5.69 Å². The average molecular weight is 482 g/mol. The minimum Gasteiger partial charge on any atom is -0.436 e. The molecule has 3 aromatic carbocycles. The van der Waals surface area contributed by atoms with Crippen molar-refractivity contribution >= 4 is 44.3 Å². The number of oxazole rings is 1. The molecule has 9 heteroatoms. The molecule has 0 atom stereocenters. The number of nitrogens with one attached hydrogen (secondary N) is 1. The number of fused-ring (bicyclic) bond motifs is 1. The van der Waals surface area contributed by atoms with Crippen LogP contribution in [0.15, 0.2) is 76.0 Å². The molecule has 0 spiro atoms. The van der Waals surface area contributed by atoms with Gasteiger partial charge in [0.15, 0.2) is 5.58 Å². The molecule has 1 saturated heterocycles. The van der Waals surface area contributed by atoms with Crippen LogP contribution in [0.1, 0.15) is 23.2 Å². The molecular formula is C24H20ClN3O4S. The lowest BCUT2D eigenvalue weighted by Gasteiger charge is -2.15. The van der Waals surface area contributed by atoms with E-state index >= 15 is 0 Å². The molecule has 0 bridgehead atoms. The quantitative estimate of drug-likeness (QED) is 0.423. The van der Waals surface area contributed by atoms with Gasteiger partial charge in [-0.15, -0.1) is 0 Å². The fourth-order valence-corrected chi connectivity index (χ4v) is 5.51. The number of nitrogens with zero attached hydrogens (tertiary/aromatic N) is 2. The molecule has 7 nitrogen and oxygen atoms in total. The van der Waals surface area contributed by atoms with E-state index in [4.69, 9.17) is 16.0 Å². The summed E-state index contributed by atoms with van der Waals surface area (Å²) in [7, 11) is -3.51. The molecule has 168 valence electrons. The molecule has 1 aliphatic rings. The Morgan fingerprint density at radius 3 is 2.48 bits per heavy atom. The highest BCUT2D eigenvalue weighted by atomic mass is 35.5. The molecular weight excluding hydrogens is 462 g/mol. The van der Waals surface area contributed by atoms with Gasteiger partial charge in [0, 0.05) is 41.0 Å².